The van der Waals surface area contributed by atoms with Gasteiger partial charge in [-0.15, -0.1) is 6.42 Å². The van der Waals surface area contributed by atoms with Gasteiger partial charge in [-0.05, 0) is 12.1 Å². The van der Waals surface area contributed by atoms with E-state index in [4.69, 9.17) is 18.0 Å². The third-order valence-electron chi connectivity index (χ3n) is 2.91. The molecule has 1 aromatic heterocycles. The minimum atomic E-state index is -0.0714. The molecule has 0 spiro atoms. The highest BCUT2D eigenvalue weighted by Gasteiger charge is 2.22. The van der Waals surface area contributed by atoms with Gasteiger partial charge >= 0.3 is 0 Å². The Labute approximate surface area is 112 Å². The Morgan fingerprint density at radius 2 is 2.11 bits per heavy atom. The van der Waals surface area contributed by atoms with Crippen LogP contribution in [0.25, 0.3) is 0 Å². The highest BCUT2D eigenvalue weighted by atomic mass is 35.5. The summed E-state index contributed by atoms with van der Waals surface area (Å²) >= 11 is 5.78. The predicted molar refractivity (Wildman–Crippen MR) is 70.4 cm³/mol. The van der Waals surface area contributed by atoms with Crippen LogP contribution in [-0.4, -0.2) is 53.4 Å². The van der Waals surface area contributed by atoms with E-state index < -0.39 is 0 Å². The molecule has 0 unspecified atom stereocenters. The summed E-state index contributed by atoms with van der Waals surface area (Å²) in [6.07, 6.45) is 5.26. The molecule has 0 aliphatic carbocycles. The molecule has 5 heteroatoms. The Morgan fingerprint density at radius 1 is 1.39 bits per heavy atom. The molecule has 0 saturated carbocycles. The van der Waals surface area contributed by atoms with E-state index in [-0.39, 0.29) is 5.91 Å². The van der Waals surface area contributed by atoms with Crippen LogP contribution < -0.4 is 0 Å². The lowest BCUT2D eigenvalue weighted by Gasteiger charge is -2.33. The van der Waals surface area contributed by atoms with E-state index in [1.165, 1.54) is 0 Å². The molecule has 1 fully saturated rings. The van der Waals surface area contributed by atoms with Gasteiger partial charge in [0, 0.05) is 26.2 Å². The maximum atomic E-state index is 12.2. The summed E-state index contributed by atoms with van der Waals surface area (Å²) in [6, 6.07) is 5.07. The first-order valence-corrected chi connectivity index (χ1v) is 6.16. The first kappa shape index (κ1) is 12.9. The molecule has 1 aliphatic rings. The van der Waals surface area contributed by atoms with Gasteiger partial charge in [-0.3, -0.25) is 9.69 Å². The standard InChI is InChI=1S/C13H14ClN3O/c1-2-6-16-7-9-17(10-8-16)13(18)11-4-3-5-12(14)15-11/h1,3-5H,6-10H2. The van der Waals surface area contributed by atoms with Crippen molar-refractivity contribution in [1.29, 1.82) is 0 Å². The third-order valence-corrected chi connectivity index (χ3v) is 3.12. The Kier molecular flexibility index (Phi) is 4.19. The molecule has 0 atom stereocenters. The molecule has 1 saturated heterocycles. The summed E-state index contributed by atoms with van der Waals surface area (Å²) < 4.78 is 0. The Balaban J connectivity index is 1.98. The predicted octanol–water partition coefficient (Wildman–Crippen LogP) is 1.13. The van der Waals surface area contributed by atoms with Crippen LogP contribution in [0.4, 0.5) is 0 Å². The van der Waals surface area contributed by atoms with Gasteiger partial charge in [-0.25, -0.2) is 4.98 Å². The molecule has 1 aromatic rings. The van der Waals surface area contributed by atoms with Gasteiger partial charge in [-0.1, -0.05) is 23.6 Å². The number of hydrogen-bond donors (Lipinski definition) is 0. The molecule has 1 amide bonds. The summed E-state index contributed by atoms with van der Waals surface area (Å²) in [5.74, 6) is 2.54. The maximum absolute atomic E-state index is 12.2. The van der Waals surface area contributed by atoms with E-state index in [2.05, 4.69) is 15.8 Å². The zero-order valence-electron chi connectivity index (χ0n) is 9.97. The van der Waals surface area contributed by atoms with Crippen LogP contribution in [-0.2, 0) is 0 Å². The average Bonchev–Trinajstić information content (AvgIpc) is 2.39. The summed E-state index contributed by atoms with van der Waals surface area (Å²) in [5, 5.41) is 0.340. The molecule has 4 nitrogen and oxygen atoms in total. The lowest BCUT2D eigenvalue weighted by molar-refractivity contribution is 0.0646. The van der Waals surface area contributed by atoms with Crippen LogP contribution >= 0.6 is 11.6 Å². The number of terminal acetylenes is 1. The lowest BCUT2D eigenvalue weighted by atomic mass is 10.2. The van der Waals surface area contributed by atoms with Crippen molar-refractivity contribution in [2.45, 2.75) is 0 Å². The van der Waals surface area contributed by atoms with Gasteiger partial charge in [0.15, 0.2) is 0 Å². The number of amides is 1. The van der Waals surface area contributed by atoms with Gasteiger partial charge in [0.25, 0.3) is 5.91 Å². The van der Waals surface area contributed by atoms with Gasteiger partial charge in [-0.2, -0.15) is 0 Å². The van der Waals surface area contributed by atoms with Gasteiger partial charge in [0.2, 0.25) is 0 Å². The summed E-state index contributed by atoms with van der Waals surface area (Å²) in [4.78, 5) is 20.1. The normalized spacial score (nSPS) is 16.3. The molecular formula is C13H14ClN3O. The van der Waals surface area contributed by atoms with Crippen molar-refractivity contribution in [3.05, 3.63) is 29.0 Å². The van der Waals surface area contributed by atoms with E-state index in [0.29, 0.717) is 30.5 Å². The zero-order chi connectivity index (χ0) is 13.0. The highest BCUT2D eigenvalue weighted by Crippen LogP contribution is 2.10. The Hall–Kier alpha value is -1.57. The number of pyridine rings is 1. The van der Waals surface area contributed by atoms with Crippen LogP contribution in [0.15, 0.2) is 18.2 Å². The first-order valence-electron chi connectivity index (χ1n) is 5.78. The summed E-state index contributed by atoms with van der Waals surface area (Å²) in [5.41, 5.74) is 0.396. The van der Waals surface area contributed by atoms with E-state index >= 15 is 0 Å². The number of nitrogens with zero attached hydrogens (tertiary/aromatic N) is 3. The lowest BCUT2D eigenvalue weighted by Crippen LogP contribution is -2.48. The maximum Gasteiger partial charge on any atom is 0.272 e. The SMILES string of the molecule is C#CCN1CCN(C(=O)c2cccc(Cl)n2)CC1. The van der Waals surface area contributed by atoms with Crippen LogP contribution in [0.2, 0.25) is 5.15 Å². The first-order chi connectivity index (χ1) is 8.70. The molecule has 94 valence electrons. The Bertz CT molecular complexity index is 475. The van der Waals surface area contributed by atoms with E-state index in [1.807, 2.05) is 0 Å². The second-order valence-electron chi connectivity index (χ2n) is 4.12. The third kappa shape index (κ3) is 3.00. The molecule has 0 N–H and O–H groups in total. The fourth-order valence-electron chi connectivity index (χ4n) is 1.93. The number of hydrogen-bond acceptors (Lipinski definition) is 3. The smallest absolute Gasteiger partial charge is 0.272 e. The number of piperazine rings is 1. The van der Waals surface area contributed by atoms with Gasteiger partial charge in [0.1, 0.15) is 10.8 Å². The van der Waals surface area contributed by atoms with Crippen molar-refractivity contribution >= 4 is 17.5 Å². The minimum Gasteiger partial charge on any atom is -0.335 e. The molecule has 2 heterocycles. The fraction of sp³-hybridized carbons (Fsp3) is 0.385. The summed E-state index contributed by atoms with van der Waals surface area (Å²) in [7, 11) is 0. The second-order valence-corrected chi connectivity index (χ2v) is 4.51. The number of carbonyl (C=O) groups is 1. The van der Waals surface area contributed by atoms with Crippen LogP contribution in [0.1, 0.15) is 10.5 Å². The van der Waals surface area contributed by atoms with E-state index in [0.717, 1.165) is 13.1 Å². The van der Waals surface area contributed by atoms with Crippen LogP contribution in [0.3, 0.4) is 0 Å². The molecular weight excluding hydrogens is 250 g/mol. The van der Waals surface area contributed by atoms with Gasteiger partial charge in [0.05, 0.1) is 6.54 Å². The second kappa shape index (κ2) is 5.85. The van der Waals surface area contributed by atoms with Crippen molar-refractivity contribution in [3.63, 3.8) is 0 Å². The molecule has 1 aliphatic heterocycles. The monoisotopic (exact) mass is 263 g/mol. The zero-order valence-corrected chi connectivity index (χ0v) is 10.7. The number of aromatic nitrogens is 1. The largest absolute Gasteiger partial charge is 0.335 e. The molecule has 0 bridgehead atoms. The van der Waals surface area contributed by atoms with Crippen LogP contribution in [0, 0.1) is 12.3 Å². The molecule has 0 radical (unpaired) electrons. The fourth-order valence-corrected chi connectivity index (χ4v) is 2.09. The molecule has 2 rings (SSSR count). The number of rotatable bonds is 2. The van der Waals surface area contributed by atoms with Crippen molar-refractivity contribution < 1.29 is 4.79 Å². The van der Waals surface area contributed by atoms with Crippen molar-refractivity contribution in [2.75, 3.05) is 32.7 Å². The van der Waals surface area contributed by atoms with E-state index in [1.54, 1.807) is 23.1 Å². The summed E-state index contributed by atoms with van der Waals surface area (Å²) in [6.45, 7) is 3.59. The number of carbonyl (C=O) groups excluding carboxylic acids is 1. The minimum absolute atomic E-state index is 0.0714. The highest BCUT2D eigenvalue weighted by molar-refractivity contribution is 6.29. The van der Waals surface area contributed by atoms with Crippen molar-refractivity contribution in [3.8, 4) is 12.3 Å². The molecule has 18 heavy (non-hydrogen) atoms. The van der Waals surface area contributed by atoms with Crippen LogP contribution in [0.5, 0.6) is 0 Å². The quantitative estimate of drug-likeness (QED) is 0.593. The Morgan fingerprint density at radius 3 is 2.72 bits per heavy atom. The topological polar surface area (TPSA) is 36.4 Å². The number of halogens is 1. The average molecular weight is 264 g/mol. The van der Waals surface area contributed by atoms with E-state index in [9.17, 15) is 4.79 Å². The van der Waals surface area contributed by atoms with Crippen molar-refractivity contribution in [2.24, 2.45) is 0 Å². The molecule has 0 aromatic carbocycles. The van der Waals surface area contributed by atoms with Gasteiger partial charge < -0.3 is 4.90 Å². The van der Waals surface area contributed by atoms with Crippen molar-refractivity contribution in [1.82, 2.24) is 14.8 Å².